The number of nitrogens with zero attached hydrogens (tertiary/aromatic N) is 5. The number of hydrogen-bond donors (Lipinski definition) is 4. The summed E-state index contributed by atoms with van der Waals surface area (Å²) >= 11 is 0. The number of hydrogen-bond acceptors (Lipinski definition) is 10. The van der Waals surface area contributed by atoms with E-state index in [1.807, 2.05) is 17.0 Å². The molecule has 0 amide bonds. The van der Waals surface area contributed by atoms with Gasteiger partial charge in [-0.25, -0.2) is 14.8 Å². The molecule has 0 aliphatic carbocycles. The highest BCUT2D eigenvalue weighted by molar-refractivity contribution is 5.78. The summed E-state index contributed by atoms with van der Waals surface area (Å²) in [4.78, 5) is 14.4. The third-order valence-corrected chi connectivity index (χ3v) is 5.68. The van der Waals surface area contributed by atoms with Gasteiger partial charge in [-0.15, -0.1) is 0 Å². The highest BCUT2D eigenvalue weighted by Crippen LogP contribution is 2.22. The first-order chi connectivity index (χ1) is 16.7. The predicted octanol–water partition coefficient (Wildman–Crippen LogP) is 2.23. The van der Waals surface area contributed by atoms with Crippen LogP contribution < -0.4 is 26.5 Å². The van der Waals surface area contributed by atoms with Crippen LogP contribution in [0.3, 0.4) is 0 Å². The Morgan fingerprint density at radius 2 is 1.76 bits per heavy atom. The maximum atomic E-state index is 14.1. The first-order valence-corrected chi connectivity index (χ1v) is 11.2. The summed E-state index contributed by atoms with van der Waals surface area (Å²) in [6, 6.07) is 12.2. The van der Waals surface area contributed by atoms with Gasteiger partial charge in [0.25, 0.3) is 0 Å². The van der Waals surface area contributed by atoms with Crippen molar-refractivity contribution in [3.8, 4) is 0 Å². The second-order valence-electron chi connectivity index (χ2n) is 8.01. The molecule has 2 aromatic heterocycles. The van der Waals surface area contributed by atoms with Crippen molar-refractivity contribution < 1.29 is 9.13 Å². The molecule has 176 valence electrons. The Bertz CT molecular complexity index is 1110. The zero-order valence-corrected chi connectivity index (χ0v) is 18.5. The van der Waals surface area contributed by atoms with Crippen LogP contribution in [0.25, 0.3) is 0 Å². The lowest BCUT2D eigenvalue weighted by atomic mass is 10.0. The molecule has 2 aliphatic heterocycles. The van der Waals surface area contributed by atoms with Crippen molar-refractivity contribution in [1.29, 1.82) is 0 Å². The first-order valence-electron chi connectivity index (χ1n) is 11.2. The Balaban J connectivity index is 1.16. The average Bonchev–Trinajstić information content (AvgIpc) is 3.42. The number of morpholine rings is 1. The van der Waals surface area contributed by atoms with E-state index in [2.05, 4.69) is 65.9 Å². The molecule has 0 bridgehead atoms. The number of benzene rings is 1. The van der Waals surface area contributed by atoms with Gasteiger partial charge >= 0.3 is 0 Å². The molecule has 0 atom stereocenters. The molecule has 2 saturated heterocycles. The Hall–Kier alpha value is -3.67. The molecule has 1 aromatic carbocycles. The molecule has 11 heteroatoms. The number of hydrazone groups is 1. The number of rotatable bonds is 7. The quantitative estimate of drug-likeness (QED) is 0.310. The molecule has 5 rings (SSSR count). The zero-order valence-electron chi connectivity index (χ0n) is 18.5. The van der Waals surface area contributed by atoms with Gasteiger partial charge in [0, 0.05) is 37.8 Å². The molecule has 3 aromatic rings. The van der Waals surface area contributed by atoms with Crippen LogP contribution in [0.5, 0.6) is 0 Å². The van der Waals surface area contributed by atoms with Crippen molar-refractivity contribution in [3.63, 3.8) is 0 Å². The van der Waals surface area contributed by atoms with E-state index in [9.17, 15) is 4.39 Å². The second kappa shape index (κ2) is 10.5. The molecule has 4 N–H and O–H groups in total. The van der Waals surface area contributed by atoms with E-state index in [-0.39, 0.29) is 11.8 Å². The molecule has 34 heavy (non-hydrogen) atoms. The molecule has 4 heterocycles. The lowest BCUT2D eigenvalue weighted by Crippen LogP contribution is -2.37. The number of pyridine rings is 1. The Morgan fingerprint density at radius 1 is 1.00 bits per heavy atom. The molecular formula is C23H26FN9O. The van der Waals surface area contributed by atoms with E-state index in [4.69, 9.17) is 4.74 Å². The van der Waals surface area contributed by atoms with Gasteiger partial charge in [0.05, 0.1) is 43.2 Å². The van der Waals surface area contributed by atoms with E-state index >= 15 is 0 Å². The molecule has 0 spiro atoms. The monoisotopic (exact) mass is 463 g/mol. The summed E-state index contributed by atoms with van der Waals surface area (Å²) in [7, 11) is 0. The second-order valence-corrected chi connectivity index (χ2v) is 8.01. The van der Waals surface area contributed by atoms with Crippen LogP contribution in [0, 0.1) is 5.82 Å². The van der Waals surface area contributed by atoms with Gasteiger partial charge in [-0.3, -0.25) is 15.8 Å². The Kier molecular flexibility index (Phi) is 6.84. The van der Waals surface area contributed by atoms with Gasteiger partial charge in [0.15, 0.2) is 11.6 Å². The van der Waals surface area contributed by atoms with Gasteiger partial charge < -0.3 is 15.0 Å². The maximum Gasteiger partial charge on any atom is 0.245 e. The fraction of sp³-hybridized carbons (Fsp3) is 0.304. The fourth-order valence-electron chi connectivity index (χ4n) is 3.82. The van der Waals surface area contributed by atoms with Crippen molar-refractivity contribution in [3.05, 3.63) is 65.9 Å². The summed E-state index contributed by atoms with van der Waals surface area (Å²) in [5, 5.41) is 7.48. The van der Waals surface area contributed by atoms with E-state index in [0.717, 1.165) is 30.7 Å². The summed E-state index contributed by atoms with van der Waals surface area (Å²) in [6.45, 7) is 4.14. The molecule has 2 aliphatic rings. The molecule has 10 nitrogen and oxygen atoms in total. The van der Waals surface area contributed by atoms with Crippen molar-refractivity contribution >= 4 is 29.4 Å². The lowest BCUT2D eigenvalue weighted by Gasteiger charge is -2.27. The van der Waals surface area contributed by atoms with Crippen LogP contribution >= 0.6 is 0 Å². The number of aromatic nitrogens is 3. The standard InChI is InChI=1S/C23H26FN9O/c24-21-15-26-23(31-22(21)33-7-9-34-10-8-33)32-29-14-19-5-6-20(13-25-19)30-18-3-1-16(2-4-18)17-11-27-28-12-17/h1-6,13-15,17,27-28,30H,7-12H2,(H,26,31,32)/b29-14+. The maximum absolute atomic E-state index is 14.1. The minimum Gasteiger partial charge on any atom is -0.378 e. The van der Waals surface area contributed by atoms with Crippen LogP contribution in [-0.4, -0.2) is 60.6 Å². The minimum absolute atomic E-state index is 0.213. The first kappa shape index (κ1) is 22.1. The number of hydrazine groups is 1. The van der Waals surface area contributed by atoms with Gasteiger partial charge in [-0.1, -0.05) is 12.1 Å². The Morgan fingerprint density at radius 3 is 2.50 bits per heavy atom. The van der Waals surface area contributed by atoms with Crippen LogP contribution in [0.1, 0.15) is 17.2 Å². The van der Waals surface area contributed by atoms with Gasteiger partial charge in [-0.2, -0.15) is 10.1 Å². The van der Waals surface area contributed by atoms with Gasteiger partial charge in [0.1, 0.15) is 0 Å². The van der Waals surface area contributed by atoms with Crippen LogP contribution in [0.4, 0.5) is 27.5 Å². The van der Waals surface area contributed by atoms with E-state index < -0.39 is 5.82 Å². The normalized spacial score (nSPS) is 16.8. The molecule has 0 saturated carbocycles. The van der Waals surface area contributed by atoms with Crippen molar-refractivity contribution in [2.24, 2.45) is 5.10 Å². The van der Waals surface area contributed by atoms with Gasteiger partial charge in [0.2, 0.25) is 5.95 Å². The predicted molar refractivity (Wildman–Crippen MR) is 129 cm³/mol. The third-order valence-electron chi connectivity index (χ3n) is 5.68. The SMILES string of the molecule is Fc1cnc(N/N=C/c2ccc(Nc3ccc(C4CNNC4)cc3)cn2)nc1N1CCOCC1. The average molecular weight is 464 g/mol. The summed E-state index contributed by atoms with van der Waals surface area (Å²) in [5.41, 5.74) is 12.9. The molecular weight excluding hydrogens is 437 g/mol. The van der Waals surface area contributed by atoms with Crippen molar-refractivity contribution in [2.45, 2.75) is 5.92 Å². The minimum atomic E-state index is -0.469. The molecule has 2 fully saturated rings. The zero-order chi connectivity index (χ0) is 23.2. The largest absolute Gasteiger partial charge is 0.378 e. The Labute approximate surface area is 196 Å². The highest BCUT2D eigenvalue weighted by Gasteiger charge is 2.18. The smallest absolute Gasteiger partial charge is 0.245 e. The van der Waals surface area contributed by atoms with Crippen LogP contribution in [-0.2, 0) is 4.74 Å². The molecule has 0 unspecified atom stereocenters. The van der Waals surface area contributed by atoms with Gasteiger partial charge in [-0.05, 0) is 29.8 Å². The number of anilines is 4. The number of nitrogens with one attached hydrogen (secondary N) is 4. The third kappa shape index (κ3) is 5.45. The van der Waals surface area contributed by atoms with Crippen molar-refractivity contribution in [2.75, 3.05) is 55.0 Å². The van der Waals surface area contributed by atoms with E-state index in [1.165, 1.54) is 5.56 Å². The van der Waals surface area contributed by atoms with Crippen molar-refractivity contribution in [1.82, 2.24) is 25.8 Å². The fourth-order valence-corrected chi connectivity index (χ4v) is 3.82. The number of ether oxygens (including phenoxy) is 1. The van der Waals surface area contributed by atoms with E-state index in [1.54, 1.807) is 12.4 Å². The number of halogens is 1. The summed E-state index contributed by atoms with van der Waals surface area (Å²) in [5.74, 6) is 0.483. The highest BCUT2D eigenvalue weighted by atomic mass is 19.1. The summed E-state index contributed by atoms with van der Waals surface area (Å²) < 4.78 is 19.4. The lowest BCUT2D eigenvalue weighted by molar-refractivity contribution is 0.122. The van der Waals surface area contributed by atoms with Crippen LogP contribution in [0.15, 0.2) is 53.9 Å². The van der Waals surface area contributed by atoms with Crippen LogP contribution in [0.2, 0.25) is 0 Å². The summed E-state index contributed by atoms with van der Waals surface area (Å²) in [6.07, 6.45) is 4.44. The molecule has 0 radical (unpaired) electrons. The van der Waals surface area contributed by atoms with E-state index in [0.29, 0.717) is 37.9 Å². The topological polar surface area (TPSA) is 112 Å².